The Morgan fingerprint density at radius 1 is 1.05 bits per heavy atom. The lowest BCUT2D eigenvalue weighted by molar-refractivity contribution is -0.123. The maximum absolute atomic E-state index is 12.1. The second kappa shape index (κ2) is 6.98. The predicted molar refractivity (Wildman–Crippen MR) is 82.3 cm³/mol. The van der Waals surface area contributed by atoms with E-state index in [1.807, 2.05) is 6.07 Å². The number of anilines is 1. The number of carbonyl (C=O) groups excluding carboxylic acids is 1. The molecule has 0 radical (unpaired) electrons. The van der Waals surface area contributed by atoms with E-state index in [0.29, 0.717) is 5.78 Å². The SMILES string of the molecule is O=C1CCCCCC1CN1CCN(c2ncccn2)CC1. The molecule has 21 heavy (non-hydrogen) atoms. The van der Waals surface area contributed by atoms with Crippen LogP contribution in [0.5, 0.6) is 0 Å². The van der Waals surface area contributed by atoms with Gasteiger partial charge in [0.15, 0.2) is 0 Å². The van der Waals surface area contributed by atoms with Gasteiger partial charge in [-0.1, -0.05) is 12.8 Å². The Hall–Kier alpha value is -1.49. The number of piperazine rings is 1. The van der Waals surface area contributed by atoms with E-state index in [-0.39, 0.29) is 5.92 Å². The number of hydrogen-bond donors (Lipinski definition) is 0. The van der Waals surface area contributed by atoms with Gasteiger partial charge in [-0.05, 0) is 18.9 Å². The Balaban J connectivity index is 1.50. The minimum absolute atomic E-state index is 0.270. The summed E-state index contributed by atoms with van der Waals surface area (Å²) in [5, 5.41) is 0. The first-order chi connectivity index (χ1) is 10.3. The first-order valence-electron chi connectivity index (χ1n) is 8.10. The average molecular weight is 288 g/mol. The molecule has 5 heteroatoms. The van der Waals surface area contributed by atoms with Crippen LogP contribution in [-0.4, -0.2) is 53.4 Å². The van der Waals surface area contributed by atoms with Crippen LogP contribution in [0.3, 0.4) is 0 Å². The highest BCUT2D eigenvalue weighted by Gasteiger charge is 2.25. The van der Waals surface area contributed by atoms with Crippen molar-refractivity contribution in [3.63, 3.8) is 0 Å². The van der Waals surface area contributed by atoms with Crippen LogP contribution in [0.1, 0.15) is 32.1 Å². The van der Waals surface area contributed by atoms with Crippen molar-refractivity contribution >= 4 is 11.7 Å². The van der Waals surface area contributed by atoms with E-state index in [1.54, 1.807) is 12.4 Å². The Bertz CT molecular complexity index is 457. The normalized spacial score (nSPS) is 24.9. The maximum Gasteiger partial charge on any atom is 0.225 e. The third-order valence-electron chi connectivity index (χ3n) is 4.62. The van der Waals surface area contributed by atoms with Crippen molar-refractivity contribution in [1.82, 2.24) is 14.9 Å². The topological polar surface area (TPSA) is 49.3 Å². The second-order valence-corrected chi connectivity index (χ2v) is 6.10. The summed E-state index contributed by atoms with van der Waals surface area (Å²) < 4.78 is 0. The molecule has 0 N–H and O–H groups in total. The quantitative estimate of drug-likeness (QED) is 0.793. The standard InChI is InChI=1S/C16H24N4O/c21-15-6-3-1-2-5-14(15)13-19-9-11-20(12-10-19)16-17-7-4-8-18-16/h4,7-8,14H,1-3,5-6,9-13H2. The van der Waals surface area contributed by atoms with Crippen LogP contribution in [0.2, 0.25) is 0 Å². The van der Waals surface area contributed by atoms with Gasteiger partial charge in [0.2, 0.25) is 5.95 Å². The van der Waals surface area contributed by atoms with Crippen LogP contribution in [0.15, 0.2) is 18.5 Å². The molecule has 5 nitrogen and oxygen atoms in total. The Morgan fingerprint density at radius 2 is 1.81 bits per heavy atom. The van der Waals surface area contributed by atoms with Crippen molar-refractivity contribution in [3.8, 4) is 0 Å². The van der Waals surface area contributed by atoms with Gasteiger partial charge in [-0.2, -0.15) is 0 Å². The molecule has 2 aliphatic rings. The zero-order chi connectivity index (χ0) is 14.5. The Kier molecular flexibility index (Phi) is 4.80. The minimum Gasteiger partial charge on any atom is -0.338 e. The van der Waals surface area contributed by atoms with E-state index in [2.05, 4.69) is 19.8 Å². The third-order valence-corrected chi connectivity index (χ3v) is 4.62. The fourth-order valence-corrected chi connectivity index (χ4v) is 3.32. The predicted octanol–water partition coefficient (Wildman–Crippen LogP) is 1.75. The molecule has 0 amide bonds. The van der Waals surface area contributed by atoms with E-state index < -0.39 is 0 Å². The smallest absolute Gasteiger partial charge is 0.225 e. The molecule has 3 rings (SSSR count). The lowest BCUT2D eigenvalue weighted by atomic mass is 9.98. The molecule has 114 valence electrons. The van der Waals surface area contributed by atoms with Crippen molar-refractivity contribution in [1.29, 1.82) is 0 Å². The Morgan fingerprint density at radius 3 is 2.57 bits per heavy atom. The van der Waals surface area contributed by atoms with Gasteiger partial charge in [0.1, 0.15) is 5.78 Å². The minimum atomic E-state index is 0.270. The van der Waals surface area contributed by atoms with E-state index in [9.17, 15) is 4.79 Å². The highest BCUT2D eigenvalue weighted by Crippen LogP contribution is 2.21. The van der Waals surface area contributed by atoms with E-state index >= 15 is 0 Å². The molecule has 1 atom stereocenters. The summed E-state index contributed by atoms with van der Waals surface area (Å²) in [6.45, 7) is 4.85. The number of Topliss-reactive ketones (excluding diaryl/α,β-unsaturated/α-hetero) is 1. The molecule has 2 heterocycles. The monoisotopic (exact) mass is 288 g/mol. The number of aromatic nitrogens is 2. The van der Waals surface area contributed by atoms with Gasteiger partial charge >= 0.3 is 0 Å². The van der Waals surface area contributed by atoms with E-state index in [4.69, 9.17) is 0 Å². The summed E-state index contributed by atoms with van der Waals surface area (Å²) in [4.78, 5) is 25.4. The highest BCUT2D eigenvalue weighted by molar-refractivity contribution is 5.81. The largest absolute Gasteiger partial charge is 0.338 e. The molecular formula is C16H24N4O. The van der Waals surface area contributed by atoms with Crippen LogP contribution < -0.4 is 4.90 Å². The highest BCUT2D eigenvalue weighted by atomic mass is 16.1. The summed E-state index contributed by atoms with van der Waals surface area (Å²) in [5.41, 5.74) is 0. The van der Waals surface area contributed by atoms with Gasteiger partial charge in [0, 0.05) is 57.5 Å². The first-order valence-corrected chi connectivity index (χ1v) is 8.10. The van der Waals surface area contributed by atoms with Gasteiger partial charge in [0.25, 0.3) is 0 Å². The fraction of sp³-hybridized carbons (Fsp3) is 0.688. The third kappa shape index (κ3) is 3.79. The molecule has 1 aromatic rings. The molecule has 0 aromatic carbocycles. The zero-order valence-corrected chi connectivity index (χ0v) is 12.6. The fourth-order valence-electron chi connectivity index (χ4n) is 3.32. The van der Waals surface area contributed by atoms with Gasteiger partial charge in [-0.3, -0.25) is 9.69 Å². The molecule has 0 bridgehead atoms. The summed E-state index contributed by atoms with van der Waals surface area (Å²) in [5.74, 6) is 1.58. The molecule has 1 aliphatic carbocycles. The van der Waals surface area contributed by atoms with E-state index in [1.165, 1.54) is 12.8 Å². The zero-order valence-electron chi connectivity index (χ0n) is 12.6. The molecule has 1 saturated heterocycles. The number of rotatable bonds is 3. The molecule has 0 spiro atoms. The van der Waals surface area contributed by atoms with Crippen molar-refractivity contribution < 1.29 is 4.79 Å². The van der Waals surface area contributed by atoms with Crippen molar-refractivity contribution in [2.24, 2.45) is 5.92 Å². The molecule has 1 saturated carbocycles. The number of carbonyl (C=O) groups is 1. The number of ketones is 1. The Labute approximate surface area is 126 Å². The van der Waals surface area contributed by atoms with Gasteiger partial charge in [-0.15, -0.1) is 0 Å². The first kappa shape index (κ1) is 14.4. The number of nitrogens with zero attached hydrogens (tertiary/aromatic N) is 4. The van der Waals surface area contributed by atoms with Crippen LogP contribution >= 0.6 is 0 Å². The van der Waals surface area contributed by atoms with Crippen LogP contribution in [-0.2, 0) is 4.79 Å². The molecule has 1 unspecified atom stereocenters. The van der Waals surface area contributed by atoms with E-state index in [0.717, 1.165) is 57.9 Å². The summed E-state index contributed by atoms with van der Waals surface area (Å²) >= 11 is 0. The van der Waals surface area contributed by atoms with Crippen molar-refractivity contribution in [2.45, 2.75) is 32.1 Å². The van der Waals surface area contributed by atoms with Crippen LogP contribution in [0, 0.1) is 5.92 Å². The summed E-state index contributed by atoms with van der Waals surface area (Å²) in [6.07, 6.45) is 8.99. The second-order valence-electron chi connectivity index (χ2n) is 6.10. The van der Waals surface area contributed by atoms with Crippen molar-refractivity contribution in [3.05, 3.63) is 18.5 Å². The van der Waals surface area contributed by atoms with Gasteiger partial charge < -0.3 is 4.90 Å². The average Bonchev–Trinajstić information content (AvgIpc) is 2.74. The number of hydrogen-bond acceptors (Lipinski definition) is 5. The maximum atomic E-state index is 12.1. The lowest BCUT2D eigenvalue weighted by Crippen LogP contribution is -2.48. The molecular weight excluding hydrogens is 264 g/mol. The lowest BCUT2D eigenvalue weighted by Gasteiger charge is -2.36. The summed E-state index contributed by atoms with van der Waals surface area (Å²) in [7, 11) is 0. The van der Waals surface area contributed by atoms with Crippen molar-refractivity contribution in [2.75, 3.05) is 37.6 Å². The van der Waals surface area contributed by atoms with Gasteiger partial charge in [0.05, 0.1) is 0 Å². The van der Waals surface area contributed by atoms with Gasteiger partial charge in [-0.25, -0.2) is 9.97 Å². The van der Waals surface area contributed by atoms with Crippen LogP contribution in [0.25, 0.3) is 0 Å². The molecule has 2 fully saturated rings. The van der Waals surface area contributed by atoms with Crippen LogP contribution in [0.4, 0.5) is 5.95 Å². The molecule has 1 aliphatic heterocycles. The molecule has 1 aromatic heterocycles. The summed E-state index contributed by atoms with van der Waals surface area (Å²) in [6, 6.07) is 1.84.